The minimum absolute atomic E-state index is 0.245. The number of hydrogen-bond donors (Lipinski definition) is 2. The highest BCUT2D eigenvalue weighted by atomic mass is 32.2. The van der Waals surface area contributed by atoms with Crippen molar-refractivity contribution < 1.29 is 8.42 Å². The van der Waals surface area contributed by atoms with Gasteiger partial charge in [-0.3, -0.25) is 4.68 Å². The highest BCUT2D eigenvalue weighted by Gasteiger charge is 2.24. The Morgan fingerprint density at radius 2 is 2.29 bits per heavy atom. The highest BCUT2D eigenvalue weighted by molar-refractivity contribution is 7.89. The molecule has 6 nitrogen and oxygen atoms in total. The lowest BCUT2D eigenvalue weighted by Gasteiger charge is -2.02. The summed E-state index contributed by atoms with van der Waals surface area (Å²) in [5, 5.41) is 7.01. The summed E-state index contributed by atoms with van der Waals surface area (Å²) in [4.78, 5) is 0.245. The maximum atomic E-state index is 11.9. The fourth-order valence-electron chi connectivity index (χ4n) is 1.46. The molecule has 2 rings (SSSR count). The third-order valence-corrected chi connectivity index (χ3v) is 4.15. The zero-order chi connectivity index (χ0) is 12.3. The summed E-state index contributed by atoms with van der Waals surface area (Å²) in [6.45, 7) is 1.97. The quantitative estimate of drug-likeness (QED) is 0.709. The van der Waals surface area contributed by atoms with Gasteiger partial charge in [0.1, 0.15) is 4.90 Å². The summed E-state index contributed by atoms with van der Waals surface area (Å²) < 4.78 is 28.0. The van der Waals surface area contributed by atoms with E-state index < -0.39 is 10.0 Å². The van der Waals surface area contributed by atoms with Gasteiger partial charge >= 0.3 is 0 Å². The summed E-state index contributed by atoms with van der Waals surface area (Å²) in [6, 6.07) is 0. The van der Waals surface area contributed by atoms with Gasteiger partial charge in [-0.25, -0.2) is 13.1 Å². The molecule has 0 spiro atoms. The molecule has 1 aliphatic rings. The standard InChI is InChI=1S/C10H18N4O2S/c1-11-4-5-14-8-10(7-12-14)17(15,16)13-6-9-2-3-9/h7-9,11,13H,2-6H2,1H3. The molecule has 1 aromatic rings. The molecule has 17 heavy (non-hydrogen) atoms. The van der Waals surface area contributed by atoms with Crippen LogP contribution in [0, 0.1) is 5.92 Å². The minimum Gasteiger partial charge on any atom is -0.318 e. The number of rotatable bonds is 7. The molecule has 1 saturated carbocycles. The van der Waals surface area contributed by atoms with Gasteiger partial charge in [0.2, 0.25) is 10.0 Å². The molecule has 1 heterocycles. The van der Waals surface area contributed by atoms with E-state index in [-0.39, 0.29) is 4.90 Å². The second-order valence-corrected chi connectivity index (χ2v) is 6.10. The first kappa shape index (κ1) is 12.5. The Hall–Kier alpha value is -0.920. The second kappa shape index (κ2) is 5.16. The first-order valence-electron chi connectivity index (χ1n) is 5.78. The van der Waals surface area contributed by atoms with Gasteiger partial charge in [0.25, 0.3) is 0 Å². The fraction of sp³-hybridized carbons (Fsp3) is 0.700. The van der Waals surface area contributed by atoms with Crippen molar-refractivity contribution in [1.29, 1.82) is 0 Å². The molecular formula is C10H18N4O2S. The smallest absolute Gasteiger partial charge is 0.243 e. The molecule has 0 bridgehead atoms. The molecular weight excluding hydrogens is 240 g/mol. The van der Waals surface area contributed by atoms with Gasteiger partial charge in [0.15, 0.2) is 0 Å². The van der Waals surface area contributed by atoms with Crippen LogP contribution in [0.1, 0.15) is 12.8 Å². The monoisotopic (exact) mass is 258 g/mol. The predicted molar refractivity (Wildman–Crippen MR) is 64.1 cm³/mol. The second-order valence-electron chi connectivity index (χ2n) is 4.34. The van der Waals surface area contributed by atoms with Crippen LogP contribution in [0.15, 0.2) is 17.3 Å². The van der Waals surface area contributed by atoms with Gasteiger partial charge < -0.3 is 5.32 Å². The van der Waals surface area contributed by atoms with Crippen molar-refractivity contribution in [3.63, 3.8) is 0 Å². The number of hydrogen-bond acceptors (Lipinski definition) is 4. The molecule has 0 saturated heterocycles. The van der Waals surface area contributed by atoms with Crippen molar-refractivity contribution in [1.82, 2.24) is 19.8 Å². The van der Waals surface area contributed by atoms with E-state index in [4.69, 9.17) is 0 Å². The molecule has 7 heteroatoms. The minimum atomic E-state index is -3.37. The number of nitrogens with zero attached hydrogens (tertiary/aromatic N) is 2. The van der Waals surface area contributed by atoms with E-state index in [1.807, 2.05) is 7.05 Å². The average Bonchev–Trinajstić information content (AvgIpc) is 3.01. The van der Waals surface area contributed by atoms with Gasteiger partial charge in [-0.15, -0.1) is 0 Å². The number of sulfonamides is 1. The Morgan fingerprint density at radius 3 is 2.94 bits per heavy atom. The van der Waals surface area contributed by atoms with Crippen LogP contribution in [-0.4, -0.2) is 38.3 Å². The summed E-state index contributed by atoms with van der Waals surface area (Å²) in [5.41, 5.74) is 0. The zero-order valence-electron chi connectivity index (χ0n) is 9.89. The van der Waals surface area contributed by atoms with Crippen molar-refractivity contribution in [3.8, 4) is 0 Å². The van der Waals surface area contributed by atoms with Crippen molar-refractivity contribution >= 4 is 10.0 Å². The lowest BCUT2D eigenvalue weighted by atomic mass is 10.4. The SMILES string of the molecule is CNCCn1cc(S(=O)(=O)NCC2CC2)cn1. The lowest BCUT2D eigenvalue weighted by molar-refractivity contribution is 0.573. The first-order valence-corrected chi connectivity index (χ1v) is 7.27. The molecule has 0 aliphatic heterocycles. The van der Waals surface area contributed by atoms with Gasteiger partial charge in [-0.2, -0.15) is 5.10 Å². The molecule has 1 aromatic heterocycles. The summed E-state index contributed by atoms with van der Waals surface area (Å²) >= 11 is 0. The van der Waals surface area contributed by atoms with Gasteiger partial charge in [0.05, 0.1) is 12.7 Å². The summed E-state index contributed by atoms with van der Waals surface area (Å²) in [7, 11) is -1.53. The zero-order valence-corrected chi connectivity index (χ0v) is 10.7. The van der Waals surface area contributed by atoms with Crippen LogP contribution in [0.25, 0.3) is 0 Å². The van der Waals surface area contributed by atoms with Crippen molar-refractivity contribution in [2.75, 3.05) is 20.1 Å². The van der Waals surface area contributed by atoms with E-state index >= 15 is 0 Å². The number of likely N-dealkylation sites (N-methyl/N-ethyl adjacent to an activating group) is 1. The van der Waals surface area contributed by atoms with Gasteiger partial charge in [-0.1, -0.05) is 0 Å². The lowest BCUT2D eigenvalue weighted by Crippen LogP contribution is -2.25. The number of aromatic nitrogens is 2. The van der Waals surface area contributed by atoms with Crippen molar-refractivity contribution in [2.45, 2.75) is 24.3 Å². The van der Waals surface area contributed by atoms with Gasteiger partial charge in [-0.05, 0) is 25.8 Å². The molecule has 0 unspecified atom stereocenters. The largest absolute Gasteiger partial charge is 0.318 e. The van der Waals surface area contributed by atoms with Crippen LogP contribution in [0.5, 0.6) is 0 Å². The molecule has 1 aliphatic carbocycles. The Bertz CT molecular complexity index is 464. The van der Waals surface area contributed by atoms with Crippen LogP contribution >= 0.6 is 0 Å². The molecule has 0 radical (unpaired) electrons. The Morgan fingerprint density at radius 1 is 1.53 bits per heavy atom. The Labute approximate surface area is 101 Å². The van der Waals surface area contributed by atoms with E-state index in [1.54, 1.807) is 10.9 Å². The normalized spacial score (nSPS) is 16.3. The predicted octanol–water partition coefficient (Wildman–Crippen LogP) is -0.209. The third-order valence-electron chi connectivity index (χ3n) is 2.77. The maximum Gasteiger partial charge on any atom is 0.243 e. The fourth-order valence-corrected chi connectivity index (χ4v) is 2.53. The van der Waals surface area contributed by atoms with Crippen LogP contribution in [-0.2, 0) is 16.6 Å². The van der Waals surface area contributed by atoms with Crippen molar-refractivity contribution in [3.05, 3.63) is 12.4 Å². The van der Waals surface area contributed by atoms with Crippen LogP contribution in [0.4, 0.5) is 0 Å². The highest BCUT2D eigenvalue weighted by Crippen LogP contribution is 2.28. The van der Waals surface area contributed by atoms with E-state index in [0.29, 0.717) is 19.0 Å². The summed E-state index contributed by atoms with van der Waals surface area (Å²) in [6.07, 6.45) is 5.21. The third kappa shape index (κ3) is 3.52. The van der Waals surface area contributed by atoms with Crippen LogP contribution in [0.2, 0.25) is 0 Å². The molecule has 2 N–H and O–H groups in total. The molecule has 0 amide bonds. The van der Waals surface area contributed by atoms with Gasteiger partial charge in [0, 0.05) is 19.3 Å². The molecule has 0 aromatic carbocycles. The van der Waals surface area contributed by atoms with E-state index in [1.165, 1.54) is 6.20 Å². The molecule has 0 atom stereocenters. The Kier molecular flexibility index (Phi) is 3.80. The number of nitrogens with one attached hydrogen (secondary N) is 2. The van der Waals surface area contributed by atoms with E-state index in [0.717, 1.165) is 19.4 Å². The van der Waals surface area contributed by atoms with Crippen LogP contribution in [0.3, 0.4) is 0 Å². The first-order chi connectivity index (χ1) is 8.12. The molecule has 1 fully saturated rings. The summed E-state index contributed by atoms with van der Waals surface area (Å²) in [5.74, 6) is 0.532. The molecule has 96 valence electrons. The van der Waals surface area contributed by atoms with E-state index in [2.05, 4.69) is 15.1 Å². The Balaban J connectivity index is 1.96. The van der Waals surface area contributed by atoms with E-state index in [9.17, 15) is 8.42 Å². The maximum absolute atomic E-state index is 11.9. The average molecular weight is 258 g/mol. The topological polar surface area (TPSA) is 76.0 Å². The van der Waals surface area contributed by atoms with Crippen LogP contribution < -0.4 is 10.0 Å². The van der Waals surface area contributed by atoms with Crippen molar-refractivity contribution in [2.24, 2.45) is 5.92 Å².